The van der Waals surface area contributed by atoms with Gasteiger partial charge in [0.15, 0.2) is 0 Å². The van der Waals surface area contributed by atoms with Crippen LogP contribution in [0.2, 0.25) is 0 Å². The number of nitrogens with one attached hydrogen (secondary N) is 1. The second kappa shape index (κ2) is 8.11. The summed E-state index contributed by atoms with van der Waals surface area (Å²) in [5.41, 5.74) is 3.30. The van der Waals surface area contributed by atoms with Crippen molar-refractivity contribution in [1.82, 2.24) is 4.90 Å². The molecule has 0 saturated carbocycles. The summed E-state index contributed by atoms with van der Waals surface area (Å²) >= 11 is 3.42. The predicted octanol–water partition coefficient (Wildman–Crippen LogP) is 4.08. The smallest absolute Gasteiger partial charge is 0.238 e. The van der Waals surface area contributed by atoms with Gasteiger partial charge in [-0.2, -0.15) is 0 Å². The summed E-state index contributed by atoms with van der Waals surface area (Å²) < 4.78 is 1.06. The maximum absolute atomic E-state index is 12.1. The minimum atomic E-state index is 0.00357. The zero-order valence-electron chi connectivity index (χ0n) is 13.0. The molecule has 2 rings (SSSR count). The van der Waals surface area contributed by atoms with Crippen molar-refractivity contribution in [3.63, 3.8) is 0 Å². The molecule has 1 N–H and O–H groups in total. The zero-order valence-corrected chi connectivity index (χ0v) is 14.6. The first-order valence-corrected chi connectivity index (χ1v) is 8.18. The Balaban J connectivity index is 1.83. The number of likely N-dealkylation sites (N-methyl/N-ethyl adjacent to an activating group) is 1. The fraction of sp³-hybridized carbons (Fsp3) is 0.278. The van der Waals surface area contributed by atoms with Crippen molar-refractivity contribution in [2.45, 2.75) is 19.9 Å². The van der Waals surface area contributed by atoms with E-state index in [2.05, 4.69) is 40.3 Å². The monoisotopic (exact) mass is 360 g/mol. The fourth-order valence-corrected chi connectivity index (χ4v) is 2.49. The highest BCUT2D eigenvalue weighted by atomic mass is 79.9. The lowest BCUT2D eigenvalue weighted by Crippen LogP contribution is -2.29. The molecule has 0 bridgehead atoms. The quantitative estimate of drug-likeness (QED) is 0.841. The van der Waals surface area contributed by atoms with Crippen LogP contribution in [0, 0.1) is 0 Å². The number of hydrogen-bond acceptors (Lipinski definition) is 2. The van der Waals surface area contributed by atoms with E-state index in [1.54, 1.807) is 0 Å². The summed E-state index contributed by atoms with van der Waals surface area (Å²) in [6.45, 7) is 3.23. The van der Waals surface area contributed by atoms with E-state index in [1.807, 2.05) is 48.3 Å². The van der Waals surface area contributed by atoms with Crippen LogP contribution in [0.1, 0.15) is 18.1 Å². The number of anilines is 1. The van der Waals surface area contributed by atoms with Crippen molar-refractivity contribution in [1.29, 1.82) is 0 Å². The second-order valence-corrected chi connectivity index (χ2v) is 6.31. The number of carbonyl (C=O) groups is 1. The highest BCUT2D eigenvalue weighted by Crippen LogP contribution is 2.12. The Morgan fingerprint density at radius 1 is 1.05 bits per heavy atom. The summed E-state index contributed by atoms with van der Waals surface area (Å²) in [5, 5.41) is 2.93. The molecule has 0 unspecified atom stereocenters. The Labute approximate surface area is 140 Å². The van der Waals surface area contributed by atoms with E-state index in [4.69, 9.17) is 0 Å². The van der Waals surface area contributed by atoms with Crippen LogP contribution in [-0.2, 0) is 17.8 Å². The minimum absolute atomic E-state index is 0.00357. The first-order valence-electron chi connectivity index (χ1n) is 7.38. The van der Waals surface area contributed by atoms with Crippen LogP contribution >= 0.6 is 15.9 Å². The van der Waals surface area contributed by atoms with E-state index in [-0.39, 0.29) is 5.91 Å². The van der Waals surface area contributed by atoms with Gasteiger partial charge in [-0.3, -0.25) is 9.69 Å². The zero-order chi connectivity index (χ0) is 15.9. The molecule has 0 saturated heterocycles. The number of rotatable bonds is 6. The van der Waals surface area contributed by atoms with Gasteiger partial charge in [-0.1, -0.05) is 47.1 Å². The summed E-state index contributed by atoms with van der Waals surface area (Å²) in [4.78, 5) is 14.1. The molecule has 0 fully saturated rings. The van der Waals surface area contributed by atoms with Gasteiger partial charge in [-0.25, -0.2) is 0 Å². The normalized spacial score (nSPS) is 10.7. The molecule has 4 heteroatoms. The topological polar surface area (TPSA) is 32.3 Å². The molecule has 0 spiro atoms. The van der Waals surface area contributed by atoms with Gasteiger partial charge >= 0.3 is 0 Å². The third-order valence-corrected chi connectivity index (χ3v) is 3.95. The molecule has 2 aromatic rings. The van der Waals surface area contributed by atoms with Gasteiger partial charge in [0, 0.05) is 16.7 Å². The van der Waals surface area contributed by atoms with Crippen LogP contribution in [0.5, 0.6) is 0 Å². The van der Waals surface area contributed by atoms with Crippen molar-refractivity contribution < 1.29 is 4.79 Å². The van der Waals surface area contributed by atoms with Gasteiger partial charge in [-0.05, 0) is 48.9 Å². The van der Waals surface area contributed by atoms with Crippen LogP contribution in [0.4, 0.5) is 5.69 Å². The Kier molecular flexibility index (Phi) is 6.16. The van der Waals surface area contributed by atoms with E-state index in [0.29, 0.717) is 6.54 Å². The van der Waals surface area contributed by atoms with Crippen molar-refractivity contribution >= 4 is 27.5 Å². The predicted molar refractivity (Wildman–Crippen MR) is 94.9 cm³/mol. The number of aryl methyl sites for hydroxylation is 1. The lowest BCUT2D eigenvalue weighted by Gasteiger charge is -2.16. The minimum Gasteiger partial charge on any atom is -0.325 e. The third-order valence-electron chi connectivity index (χ3n) is 3.43. The highest BCUT2D eigenvalue weighted by Gasteiger charge is 2.07. The highest BCUT2D eigenvalue weighted by molar-refractivity contribution is 9.10. The standard InChI is InChI=1S/C18H21BrN2O/c1-3-14-6-10-17(11-7-14)20-18(22)13-21(2)12-15-4-8-16(19)9-5-15/h4-11H,3,12-13H2,1-2H3,(H,20,22). The summed E-state index contributed by atoms with van der Waals surface area (Å²) in [5.74, 6) is 0.00357. The maximum Gasteiger partial charge on any atom is 0.238 e. The van der Waals surface area contributed by atoms with E-state index in [0.717, 1.165) is 23.1 Å². The molecule has 2 aromatic carbocycles. The second-order valence-electron chi connectivity index (χ2n) is 5.40. The third kappa shape index (κ3) is 5.28. The number of halogens is 1. The van der Waals surface area contributed by atoms with Crippen molar-refractivity contribution in [2.24, 2.45) is 0 Å². The van der Waals surface area contributed by atoms with Gasteiger partial charge in [-0.15, -0.1) is 0 Å². The number of carbonyl (C=O) groups excluding carboxylic acids is 1. The van der Waals surface area contributed by atoms with Crippen molar-refractivity contribution in [2.75, 3.05) is 18.9 Å². The molecule has 0 aromatic heterocycles. The number of nitrogens with zero attached hydrogens (tertiary/aromatic N) is 1. The molecule has 0 aliphatic carbocycles. The van der Waals surface area contributed by atoms with Crippen molar-refractivity contribution in [3.8, 4) is 0 Å². The molecular weight excluding hydrogens is 340 g/mol. The van der Waals surface area contributed by atoms with Gasteiger partial charge in [0.1, 0.15) is 0 Å². The number of hydrogen-bond donors (Lipinski definition) is 1. The Bertz CT molecular complexity index is 608. The molecule has 0 radical (unpaired) electrons. The molecule has 0 atom stereocenters. The fourth-order valence-electron chi connectivity index (χ4n) is 2.23. The van der Waals surface area contributed by atoms with E-state index in [9.17, 15) is 4.79 Å². The Morgan fingerprint density at radius 3 is 2.23 bits per heavy atom. The van der Waals surface area contributed by atoms with Crippen molar-refractivity contribution in [3.05, 3.63) is 64.1 Å². The van der Waals surface area contributed by atoms with Gasteiger partial charge in [0.2, 0.25) is 5.91 Å². The van der Waals surface area contributed by atoms with Crippen LogP contribution in [0.25, 0.3) is 0 Å². The molecule has 0 aliphatic rings. The molecule has 0 heterocycles. The first-order chi connectivity index (χ1) is 10.6. The van der Waals surface area contributed by atoms with E-state index in [1.165, 1.54) is 11.1 Å². The Hall–Kier alpha value is -1.65. The first kappa shape index (κ1) is 16.7. The average molecular weight is 361 g/mol. The van der Waals surface area contributed by atoms with Gasteiger partial charge in [0.25, 0.3) is 0 Å². The van der Waals surface area contributed by atoms with Crippen LogP contribution in [-0.4, -0.2) is 24.4 Å². The van der Waals surface area contributed by atoms with Gasteiger partial charge in [0.05, 0.1) is 6.54 Å². The summed E-state index contributed by atoms with van der Waals surface area (Å²) in [6.07, 6.45) is 1.00. The molecule has 3 nitrogen and oxygen atoms in total. The summed E-state index contributed by atoms with van der Waals surface area (Å²) in [7, 11) is 1.95. The Morgan fingerprint density at radius 2 is 1.64 bits per heavy atom. The average Bonchev–Trinajstić information content (AvgIpc) is 2.50. The van der Waals surface area contributed by atoms with Crippen LogP contribution < -0.4 is 5.32 Å². The molecule has 0 aliphatic heterocycles. The molecule has 1 amide bonds. The maximum atomic E-state index is 12.1. The summed E-state index contributed by atoms with van der Waals surface area (Å²) in [6, 6.07) is 16.1. The largest absolute Gasteiger partial charge is 0.325 e. The van der Waals surface area contributed by atoms with E-state index < -0.39 is 0 Å². The lowest BCUT2D eigenvalue weighted by atomic mass is 10.1. The number of amides is 1. The molecule has 116 valence electrons. The van der Waals surface area contributed by atoms with Crippen LogP contribution in [0.3, 0.4) is 0 Å². The SMILES string of the molecule is CCc1ccc(NC(=O)CN(C)Cc2ccc(Br)cc2)cc1. The number of benzene rings is 2. The van der Waals surface area contributed by atoms with Crippen LogP contribution in [0.15, 0.2) is 53.0 Å². The van der Waals surface area contributed by atoms with E-state index >= 15 is 0 Å². The molecular formula is C18H21BrN2O. The molecule has 22 heavy (non-hydrogen) atoms. The van der Waals surface area contributed by atoms with Gasteiger partial charge < -0.3 is 5.32 Å². The lowest BCUT2D eigenvalue weighted by molar-refractivity contribution is -0.117.